The SMILES string of the molecule is CCCOc1ccc(C(CSC(C)CO)NCC)cc1. The number of benzene rings is 1. The number of aliphatic hydroxyl groups is 1. The van der Waals surface area contributed by atoms with Crippen LogP contribution in [0.2, 0.25) is 0 Å². The Bertz CT molecular complexity index is 356. The van der Waals surface area contributed by atoms with Crippen molar-refractivity contribution in [3.63, 3.8) is 0 Å². The van der Waals surface area contributed by atoms with Crippen LogP contribution in [0.5, 0.6) is 5.75 Å². The minimum atomic E-state index is 0.229. The Morgan fingerprint density at radius 2 is 1.95 bits per heavy atom. The number of ether oxygens (including phenoxy) is 1. The van der Waals surface area contributed by atoms with Gasteiger partial charge in [0.2, 0.25) is 0 Å². The molecule has 3 nitrogen and oxygen atoms in total. The van der Waals surface area contributed by atoms with Crippen molar-refractivity contribution in [3.8, 4) is 5.75 Å². The molecule has 0 saturated heterocycles. The van der Waals surface area contributed by atoms with Gasteiger partial charge in [-0.25, -0.2) is 0 Å². The van der Waals surface area contributed by atoms with E-state index in [-0.39, 0.29) is 11.9 Å². The zero-order valence-corrected chi connectivity index (χ0v) is 13.6. The molecule has 0 heterocycles. The first-order chi connectivity index (χ1) is 9.71. The van der Waals surface area contributed by atoms with Gasteiger partial charge in [0.25, 0.3) is 0 Å². The quantitative estimate of drug-likeness (QED) is 0.695. The Kier molecular flexibility index (Phi) is 8.74. The molecular formula is C16H27NO2S. The van der Waals surface area contributed by atoms with E-state index in [9.17, 15) is 0 Å². The number of thioether (sulfide) groups is 1. The highest BCUT2D eigenvalue weighted by atomic mass is 32.2. The van der Waals surface area contributed by atoms with Gasteiger partial charge in [-0.2, -0.15) is 11.8 Å². The molecule has 0 bridgehead atoms. The minimum Gasteiger partial charge on any atom is -0.494 e. The summed E-state index contributed by atoms with van der Waals surface area (Å²) in [7, 11) is 0. The number of rotatable bonds is 10. The van der Waals surface area contributed by atoms with Crippen LogP contribution in [-0.4, -0.2) is 35.9 Å². The molecule has 0 amide bonds. The monoisotopic (exact) mass is 297 g/mol. The van der Waals surface area contributed by atoms with Crippen LogP contribution in [0.25, 0.3) is 0 Å². The van der Waals surface area contributed by atoms with E-state index in [2.05, 4.69) is 38.2 Å². The first-order valence-corrected chi connectivity index (χ1v) is 8.44. The number of aliphatic hydroxyl groups excluding tert-OH is 1. The van der Waals surface area contributed by atoms with Crippen molar-refractivity contribution >= 4 is 11.8 Å². The Morgan fingerprint density at radius 1 is 1.25 bits per heavy atom. The number of hydrogen-bond donors (Lipinski definition) is 2. The van der Waals surface area contributed by atoms with Crippen LogP contribution in [0.15, 0.2) is 24.3 Å². The average molecular weight is 297 g/mol. The maximum atomic E-state index is 9.11. The van der Waals surface area contributed by atoms with Crippen LogP contribution in [0, 0.1) is 0 Å². The first kappa shape index (κ1) is 17.3. The zero-order valence-electron chi connectivity index (χ0n) is 12.8. The fraction of sp³-hybridized carbons (Fsp3) is 0.625. The van der Waals surface area contributed by atoms with Crippen LogP contribution in [-0.2, 0) is 0 Å². The van der Waals surface area contributed by atoms with E-state index < -0.39 is 0 Å². The number of hydrogen-bond acceptors (Lipinski definition) is 4. The predicted octanol–water partition coefficient (Wildman–Crippen LogP) is 3.24. The van der Waals surface area contributed by atoms with Gasteiger partial charge >= 0.3 is 0 Å². The zero-order chi connectivity index (χ0) is 14.8. The summed E-state index contributed by atoms with van der Waals surface area (Å²) in [4.78, 5) is 0. The summed E-state index contributed by atoms with van der Waals surface area (Å²) < 4.78 is 5.61. The molecule has 0 aromatic heterocycles. The van der Waals surface area contributed by atoms with Crippen LogP contribution < -0.4 is 10.1 Å². The van der Waals surface area contributed by atoms with E-state index in [4.69, 9.17) is 9.84 Å². The highest BCUT2D eigenvalue weighted by molar-refractivity contribution is 7.99. The summed E-state index contributed by atoms with van der Waals surface area (Å²) in [6, 6.07) is 8.65. The molecule has 1 aromatic carbocycles. The molecule has 4 heteroatoms. The topological polar surface area (TPSA) is 41.5 Å². The van der Waals surface area contributed by atoms with Gasteiger partial charge in [-0.3, -0.25) is 0 Å². The summed E-state index contributed by atoms with van der Waals surface area (Å²) in [5.41, 5.74) is 1.27. The molecule has 1 rings (SSSR count). The van der Waals surface area contributed by atoms with E-state index in [1.54, 1.807) is 11.8 Å². The van der Waals surface area contributed by atoms with Crippen LogP contribution in [0.4, 0.5) is 0 Å². The summed E-state index contributed by atoms with van der Waals surface area (Å²) in [5.74, 6) is 1.90. The van der Waals surface area contributed by atoms with Crippen LogP contribution >= 0.6 is 11.8 Å². The normalized spacial score (nSPS) is 14.0. The van der Waals surface area contributed by atoms with E-state index in [0.29, 0.717) is 6.04 Å². The smallest absolute Gasteiger partial charge is 0.119 e. The Morgan fingerprint density at radius 3 is 2.50 bits per heavy atom. The third-order valence-electron chi connectivity index (χ3n) is 3.01. The molecule has 0 aliphatic heterocycles. The largest absolute Gasteiger partial charge is 0.494 e. The molecule has 114 valence electrons. The van der Waals surface area contributed by atoms with Gasteiger partial charge in [-0.1, -0.05) is 32.9 Å². The molecule has 0 radical (unpaired) electrons. The lowest BCUT2D eigenvalue weighted by molar-refractivity contribution is 0.300. The second-order valence-corrected chi connectivity index (χ2v) is 6.33. The number of nitrogens with one attached hydrogen (secondary N) is 1. The lowest BCUT2D eigenvalue weighted by atomic mass is 10.1. The maximum Gasteiger partial charge on any atom is 0.119 e. The van der Waals surface area contributed by atoms with E-state index in [0.717, 1.165) is 31.1 Å². The summed E-state index contributed by atoms with van der Waals surface area (Å²) in [6.07, 6.45) is 1.03. The fourth-order valence-corrected chi connectivity index (χ4v) is 2.79. The van der Waals surface area contributed by atoms with Crippen molar-refractivity contribution in [2.45, 2.75) is 38.5 Å². The molecule has 2 unspecified atom stereocenters. The second-order valence-electron chi connectivity index (χ2n) is 4.85. The Labute approximate surface area is 127 Å². The van der Waals surface area contributed by atoms with Gasteiger partial charge in [-0.05, 0) is 30.7 Å². The molecule has 20 heavy (non-hydrogen) atoms. The highest BCUT2D eigenvalue weighted by Gasteiger charge is 2.12. The molecular weight excluding hydrogens is 270 g/mol. The lowest BCUT2D eigenvalue weighted by Gasteiger charge is -2.20. The van der Waals surface area contributed by atoms with Gasteiger partial charge in [-0.15, -0.1) is 0 Å². The molecule has 0 fully saturated rings. The molecule has 1 aromatic rings. The molecule has 0 aliphatic carbocycles. The molecule has 2 N–H and O–H groups in total. The first-order valence-electron chi connectivity index (χ1n) is 7.39. The molecule has 0 aliphatic rings. The molecule has 2 atom stereocenters. The van der Waals surface area contributed by atoms with Gasteiger partial charge < -0.3 is 15.2 Å². The summed E-state index contributed by atoms with van der Waals surface area (Å²) in [6.45, 7) is 8.20. The maximum absolute atomic E-state index is 9.11. The second kappa shape index (κ2) is 10.1. The summed E-state index contributed by atoms with van der Waals surface area (Å²) in [5, 5.41) is 12.9. The third-order valence-corrected chi connectivity index (χ3v) is 4.25. The van der Waals surface area contributed by atoms with E-state index in [1.807, 2.05) is 12.1 Å². The van der Waals surface area contributed by atoms with Gasteiger partial charge in [0, 0.05) is 17.0 Å². The summed E-state index contributed by atoms with van der Waals surface area (Å²) >= 11 is 1.79. The van der Waals surface area contributed by atoms with Crippen molar-refractivity contribution in [1.29, 1.82) is 0 Å². The average Bonchev–Trinajstić information content (AvgIpc) is 2.49. The van der Waals surface area contributed by atoms with Crippen molar-refractivity contribution in [1.82, 2.24) is 5.32 Å². The van der Waals surface area contributed by atoms with Gasteiger partial charge in [0.1, 0.15) is 5.75 Å². The van der Waals surface area contributed by atoms with Crippen LogP contribution in [0.1, 0.15) is 38.8 Å². The van der Waals surface area contributed by atoms with Crippen molar-refractivity contribution in [3.05, 3.63) is 29.8 Å². The lowest BCUT2D eigenvalue weighted by Crippen LogP contribution is -2.24. The minimum absolute atomic E-state index is 0.229. The van der Waals surface area contributed by atoms with Crippen molar-refractivity contribution in [2.75, 3.05) is 25.5 Å². The fourth-order valence-electron chi connectivity index (χ4n) is 1.85. The van der Waals surface area contributed by atoms with E-state index >= 15 is 0 Å². The molecule has 0 spiro atoms. The van der Waals surface area contributed by atoms with Gasteiger partial charge in [0.15, 0.2) is 0 Å². The Balaban J connectivity index is 2.61. The van der Waals surface area contributed by atoms with Crippen molar-refractivity contribution in [2.24, 2.45) is 0 Å². The highest BCUT2D eigenvalue weighted by Crippen LogP contribution is 2.23. The predicted molar refractivity (Wildman–Crippen MR) is 87.7 cm³/mol. The third kappa shape index (κ3) is 6.16. The Hall–Kier alpha value is -0.710. The van der Waals surface area contributed by atoms with Crippen molar-refractivity contribution < 1.29 is 9.84 Å². The van der Waals surface area contributed by atoms with Gasteiger partial charge in [0.05, 0.1) is 13.2 Å². The van der Waals surface area contributed by atoms with Crippen LogP contribution in [0.3, 0.4) is 0 Å². The standard InChI is InChI=1S/C16H27NO2S/c1-4-10-19-15-8-6-14(7-9-15)16(17-5-2)12-20-13(3)11-18/h6-9,13,16-18H,4-5,10-12H2,1-3H3. The molecule has 0 saturated carbocycles. The van der Waals surface area contributed by atoms with E-state index in [1.165, 1.54) is 5.56 Å².